The first-order chi connectivity index (χ1) is 12.0. The summed E-state index contributed by atoms with van der Waals surface area (Å²) in [6.07, 6.45) is 0. The van der Waals surface area contributed by atoms with E-state index in [1.807, 2.05) is 61.5 Å². The molecule has 2 aromatic carbocycles. The molecule has 0 spiro atoms. The van der Waals surface area contributed by atoms with Crippen LogP contribution in [0.1, 0.15) is 30.9 Å². The van der Waals surface area contributed by atoms with Crippen LogP contribution >= 0.6 is 11.8 Å². The van der Waals surface area contributed by atoms with Crippen LogP contribution in [0.4, 0.5) is 0 Å². The highest BCUT2D eigenvalue weighted by Crippen LogP contribution is 2.29. The van der Waals surface area contributed by atoms with E-state index in [9.17, 15) is 14.7 Å². The number of aliphatic carboxylic acids is 1. The van der Waals surface area contributed by atoms with Gasteiger partial charge in [0, 0.05) is 12.7 Å². The van der Waals surface area contributed by atoms with Gasteiger partial charge in [-0.25, -0.2) is 0 Å². The van der Waals surface area contributed by atoms with E-state index in [4.69, 9.17) is 4.74 Å². The third kappa shape index (κ3) is 5.94. The van der Waals surface area contributed by atoms with Gasteiger partial charge in [-0.05, 0) is 29.2 Å². The van der Waals surface area contributed by atoms with Crippen molar-refractivity contribution in [1.82, 2.24) is 0 Å². The second-order valence-corrected chi connectivity index (χ2v) is 7.08. The third-order valence-electron chi connectivity index (χ3n) is 4.04. The molecule has 0 saturated carbocycles. The normalized spacial score (nSPS) is 13.0. The standard InChI is InChI=1S/C20H22O4S/c1-14(19(20(22)23)13-25-15(2)21)17-8-10-18(11-9-17)24-12-16-6-4-3-5-7-16/h3-11,14,19H,12-13H2,1-2H3,(H,22,23). The monoisotopic (exact) mass is 358 g/mol. The Bertz CT molecular complexity index is 697. The number of carboxylic acids is 1. The van der Waals surface area contributed by atoms with E-state index in [2.05, 4.69) is 0 Å². The fourth-order valence-corrected chi connectivity index (χ4v) is 3.32. The van der Waals surface area contributed by atoms with Gasteiger partial charge >= 0.3 is 5.97 Å². The van der Waals surface area contributed by atoms with Crippen LogP contribution in [-0.2, 0) is 16.2 Å². The van der Waals surface area contributed by atoms with Crippen molar-refractivity contribution in [1.29, 1.82) is 0 Å². The Balaban J connectivity index is 1.99. The highest BCUT2D eigenvalue weighted by atomic mass is 32.2. The van der Waals surface area contributed by atoms with Gasteiger partial charge in [0.1, 0.15) is 12.4 Å². The molecule has 0 bridgehead atoms. The maximum atomic E-state index is 11.5. The first-order valence-corrected chi connectivity index (χ1v) is 9.08. The highest BCUT2D eigenvalue weighted by molar-refractivity contribution is 8.13. The largest absolute Gasteiger partial charge is 0.489 e. The van der Waals surface area contributed by atoms with E-state index in [1.54, 1.807) is 0 Å². The molecule has 0 radical (unpaired) electrons. The molecule has 1 N–H and O–H groups in total. The summed E-state index contributed by atoms with van der Waals surface area (Å²) in [6, 6.07) is 17.4. The molecule has 25 heavy (non-hydrogen) atoms. The quantitative estimate of drug-likeness (QED) is 0.760. The SMILES string of the molecule is CC(=O)SCC(C(=O)O)C(C)c1ccc(OCc2ccccc2)cc1. The summed E-state index contributed by atoms with van der Waals surface area (Å²) in [4.78, 5) is 22.6. The van der Waals surface area contributed by atoms with Crippen LogP contribution in [0, 0.1) is 5.92 Å². The van der Waals surface area contributed by atoms with E-state index in [1.165, 1.54) is 6.92 Å². The number of ether oxygens (including phenoxy) is 1. The van der Waals surface area contributed by atoms with Crippen molar-refractivity contribution in [3.8, 4) is 5.75 Å². The molecule has 0 aromatic heterocycles. The van der Waals surface area contributed by atoms with Gasteiger partial charge in [0.25, 0.3) is 0 Å². The maximum absolute atomic E-state index is 11.5. The van der Waals surface area contributed by atoms with Crippen LogP contribution in [-0.4, -0.2) is 21.9 Å². The summed E-state index contributed by atoms with van der Waals surface area (Å²) >= 11 is 1.06. The maximum Gasteiger partial charge on any atom is 0.307 e. The van der Waals surface area contributed by atoms with Gasteiger partial charge in [-0.1, -0.05) is 61.2 Å². The number of hydrogen-bond donors (Lipinski definition) is 1. The Morgan fingerprint density at radius 1 is 1.08 bits per heavy atom. The van der Waals surface area contributed by atoms with E-state index < -0.39 is 11.9 Å². The minimum atomic E-state index is -0.884. The van der Waals surface area contributed by atoms with Gasteiger partial charge in [0.2, 0.25) is 0 Å². The van der Waals surface area contributed by atoms with Crippen molar-refractivity contribution in [3.63, 3.8) is 0 Å². The van der Waals surface area contributed by atoms with Gasteiger partial charge < -0.3 is 9.84 Å². The lowest BCUT2D eigenvalue weighted by Gasteiger charge is -2.20. The molecule has 4 nitrogen and oxygen atoms in total. The van der Waals surface area contributed by atoms with Gasteiger partial charge in [-0.3, -0.25) is 9.59 Å². The molecule has 2 aromatic rings. The zero-order chi connectivity index (χ0) is 18.2. The van der Waals surface area contributed by atoms with Gasteiger partial charge in [0.15, 0.2) is 5.12 Å². The summed E-state index contributed by atoms with van der Waals surface area (Å²) in [5.41, 5.74) is 2.01. The summed E-state index contributed by atoms with van der Waals surface area (Å²) in [5.74, 6) is -0.661. The smallest absolute Gasteiger partial charge is 0.307 e. The minimum absolute atomic E-state index is 0.0666. The number of carbonyl (C=O) groups is 2. The molecule has 0 aliphatic rings. The molecular formula is C20H22O4S. The summed E-state index contributed by atoms with van der Waals surface area (Å²) in [7, 11) is 0. The predicted octanol–water partition coefficient (Wildman–Crippen LogP) is 4.35. The summed E-state index contributed by atoms with van der Waals surface area (Å²) in [6.45, 7) is 3.81. The van der Waals surface area contributed by atoms with Crippen LogP contribution in [0.2, 0.25) is 0 Å². The highest BCUT2D eigenvalue weighted by Gasteiger charge is 2.26. The number of carbonyl (C=O) groups excluding carboxylic acids is 1. The van der Waals surface area contributed by atoms with E-state index in [0.29, 0.717) is 6.61 Å². The van der Waals surface area contributed by atoms with Gasteiger partial charge in [0.05, 0.1) is 5.92 Å². The van der Waals surface area contributed by atoms with Crippen molar-refractivity contribution in [2.75, 3.05) is 5.75 Å². The molecule has 132 valence electrons. The molecule has 2 unspecified atom stereocenters. The zero-order valence-electron chi connectivity index (χ0n) is 14.3. The van der Waals surface area contributed by atoms with Crippen LogP contribution in [0.3, 0.4) is 0 Å². The van der Waals surface area contributed by atoms with Crippen LogP contribution in [0.15, 0.2) is 54.6 Å². The van der Waals surface area contributed by atoms with Crippen molar-refractivity contribution >= 4 is 22.8 Å². The Labute approximate surface area is 152 Å². The lowest BCUT2D eigenvalue weighted by Crippen LogP contribution is -2.23. The van der Waals surface area contributed by atoms with Crippen LogP contribution in [0.25, 0.3) is 0 Å². The van der Waals surface area contributed by atoms with Gasteiger partial charge in [-0.2, -0.15) is 0 Å². The van der Waals surface area contributed by atoms with E-state index in [0.717, 1.165) is 28.6 Å². The second kappa shape index (κ2) is 9.28. The topological polar surface area (TPSA) is 63.6 Å². The molecule has 0 heterocycles. The van der Waals surface area contributed by atoms with Gasteiger partial charge in [-0.15, -0.1) is 0 Å². The molecule has 0 fully saturated rings. The number of carboxylic acid groups (broad SMARTS) is 1. The Kier molecular flexibility index (Phi) is 7.07. The molecule has 0 saturated heterocycles. The lowest BCUT2D eigenvalue weighted by molar-refractivity contribution is -0.141. The van der Waals surface area contributed by atoms with E-state index >= 15 is 0 Å². The lowest BCUT2D eigenvalue weighted by atomic mass is 9.89. The number of rotatable bonds is 8. The minimum Gasteiger partial charge on any atom is -0.489 e. The van der Waals surface area contributed by atoms with Crippen molar-refractivity contribution < 1.29 is 19.4 Å². The molecular weight excluding hydrogens is 336 g/mol. The molecule has 0 amide bonds. The van der Waals surface area contributed by atoms with Crippen LogP contribution < -0.4 is 4.74 Å². The number of hydrogen-bond acceptors (Lipinski definition) is 4. The number of benzene rings is 2. The van der Waals surface area contributed by atoms with Crippen molar-refractivity contribution in [2.24, 2.45) is 5.92 Å². The first-order valence-electron chi connectivity index (χ1n) is 8.10. The Morgan fingerprint density at radius 2 is 1.72 bits per heavy atom. The second-order valence-electron chi connectivity index (χ2n) is 5.88. The number of thioether (sulfide) groups is 1. The Hall–Kier alpha value is -2.27. The zero-order valence-corrected chi connectivity index (χ0v) is 15.2. The molecule has 2 rings (SSSR count). The fourth-order valence-electron chi connectivity index (χ4n) is 2.48. The Morgan fingerprint density at radius 3 is 2.28 bits per heavy atom. The molecule has 0 aliphatic carbocycles. The first kappa shape index (κ1) is 19.1. The van der Waals surface area contributed by atoms with Crippen molar-refractivity contribution in [3.05, 3.63) is 65.7 Å². The third-order valence-corrected chi connectivity index (χ3v) is 4.97. The summed E-state index contributed by atoms with van der Waals surface area (Å²) < 4.78 is 5.75. The molecule has 2 atom stereocenters. The van der Waals surface area contributed by atoms with E-state index in [-0.39, 0.29) is 16.8 Å². The summed E-state index contributed by atoms with van der Waals surface area (Å²) in [5, 5.41) is 9.37. The molecule has 5 heteroatoms. The fraction of sp³-hybridized carbons (Fsp3) is 0.300. The van der Waals surface area contributed by atoms with Crippen LogP contribution in [0.5, 0.6) is 5.75 Å². The average Bonchev–Trinajstić information content (AvgIpc) is 2.60. The molecule has 0 aliphatic heterocycles. The van der Waals surface area contributed by atoms with Crippen molar-refractivity contribution in [2.45, 2.75) is 26.4 Å². The average molecular weight is 358 g/mol. The predicted molar refractivity (Wildman–Crippen MR) is 99.9 cm³/mol.